The van der Waals surface area contributed by atoms with Crippen molar-refractivity contribution in [2.24, 2.45) is 5.41 Å². The highest BCUT2D eigenvalue weighted by Gasteiger charge is 2.33. The van der Waals surface area contributed by atoms with Crippen LogP contribution in [0.25, 0.3) is 0 Å². The summed E-state index contributed by atoms with van der Waals surface area (Å²) in [5.74, 6) is 1.29. The average Bonchev–Trinajstić information content (AvgIpc) is 2.94. The van der Waals surface area contributed by atoms with Crippen molar-refractivity contribution in [1.82, 2.24) is 5.32 Å². The van der Waals surface area contributed by atoms with Crippen LogP contribution in [0.1, 0.15) is 49.9 Å². The first-order valence-corrected chi connectivity index (χ1v) is 8.19. The molecule has 3 nitrogen and oxygen atoms in total. The monoisotopic (exact) mass is 309 g/mol. The molecule has 0 aromatic heterocycles. The van der Waals surface area contributed by atoms with Crippen LogP contribution in [0, 0.1) is 5.41 Å². The first kappa shape index (κ1) is 16.2. The van der Waals surface area contributed by atoms with Crippen LogP contribution in [0.5, 0.6) is 5.75 Å². The van der Waals surface area contributed by atoms with Gasteiger partial charge in [-0.15, -0.1) is 11.6 Å². The van der Waals surface area contributed by atoms with Crippen LogP contribution >= 0.6 is 11.6 Å². The highest BCUT2D eigenvalue weighted by atomic mass is 35.5. The molecular weight excluding hydrogens is 286 g/mol. The molecule has 1 aliphatic rings. The van der Waals surface area contributed by atoms with Gasteiger partial charge in [-0.2, -0.15) is 0 Å². The lowest BCUT2D eigenvalue weighted by atomic mass is 9.88. The van der Waals surface area contributed by atoms with E-state index in [1.807, 2.05) is 32.0 Å². The maximum atomic E-state index is 12.3. The lowest BCUT2D eigenvalue weighted by molar-refractivity contribution is 0.0934. The van der Waals surface area contributed by atoms with Gasteiger partial charge in [0.25, 0.3) is 5.91 Å². The number of carbonyl (C=O) groups excluding carboxylic acids is 1. The fraction of sp³-hybridized carbons (Fsp3) is 0.588. The SMILES string of the molecule is CC(C)Oc1cccc(C(=O)NCC2(CCl)CCCC2)c1. The summed E-state index contributed by atoms with van der Waals surface area (Å²) in [5, 5.41) is 3.03. The number of rotatable bonds is 6. The minimum atomic E-state index is -0.0550. The molecule has 1 aliphatic carbocycles. The first-order valence-electron chi connectivity index (χ1n) is 7.66. The third-order valence-corrected chi connectivity index (χ3v) is 4.61. The van der Waals surface area contributed by atoms with Crippen molar-refractivity contribution in [3.8, 4) is 5.75 Å². The molecule has 1 N–H and O–H groups in total. The number of hydrogen-bond donors (Lipinski definition) is 1. The Morgan fingerprint density at radius 3 is 2.71 bits per heavy atom. The summed E-state index contributed by atoms with van der Waals surface area (Å²) in [4.78, 5) is 12.3. The zero-order chi connectivity index (χ0) is 15.3. The van der Waals surface area contributed by atoms with Gasteiger partial charge in [-0.3, -0.25) is 4.79 Å². The van der Waals surface area contributed by atoms with Gasteiger partial charge >= 0.3 is 0 Å². The number of alkyl halides is 1. The molecule has 0 heterocycles. The summed E-state index contributed by atoms with van der Waals surface area (Å²) >= 11 is 6.11. The van der Waals surface area contributed by atoms with Gasteiger partial charge in [0.2, 0.25) is 0 Å². The van der Waals surface area contributed by atoms with Crippen LogP contribution in [0.2, 0.25) is 0 Å². The van der Waals surface area contributed by atoms with Crippen molar-refractivity contribution in [3.63, 3.8) is 0 Å². The van der Waals surface area contributed by atoms with E-state index in [2.05, 4.69) is 5.32 Å². The van der Waals surface area contributed by atoms with Gasteiger partial charge < -0.3 is 10.1 Å². The number of benzene rings is 1. The predicted molar refractivity (Wildman–Crippen MR) is 86.2 cm³/mol. The van der Waals surface area contributed by atoms with E-state index in [-0.39, 0.29) is 17.4 Å². The van der Waals surface area contributed by atoms with Crippen LogP contribution < -0.4 is 10.1 Å². The van der Waals surface area contributed by atoms with Gasteiger partial charge in [0.05, 0.1) is 6.10 Å². The smallest absolute Gasteiger partial charge is 0.251 e. The number of carbonyl (C=O) groups is 1. The Morgan fingerprint density at radius 2 is 2.10 bits per heavy atom. The Balaban J connectivity index is 1.96. The van der Waals surface area contributed by atoms with Crippen LogP contribution in [-0.4, -0.2) is 24.4 Å². The fourth-order valence-electron chi connectivity index (χ4n) is 2.84. The van der Waals surface area contributed by atoms with Crippen molar-refractivity contribution < 1.29 is 9.53 Å². The van der Waals surface area contributed by atoms with E-state index in [1.54, 1.807) is 6.07 Å². The minimum Gasteiger partial charge on any atom is -0.491 e. The van der Waals surface area contributed by atoms with E-state index in [4.69, 9.17) is 16.3 Å². The summed E-state index contributed by atoms with van der Waals surface area (Å²) in [5.41, 5.74) is 0.722. The zero-order valence-corrected chi connectivity index (χ0v) is 13.6. The minimum absolute atomic E-state index is 0.0550. The molecule has 0 saturated heterocycles. The third kappa shape index (κ3) is 4.37. The normalized spacial score (nSPS) is 17.0. The number of hydrogen-bond acceptors (Lipinski definition) is 2. The molecule has 4 heteroatoms. The number of nitrogens with one attached hydrogen (secondary N) is 1. The Bertz CT molecular complexity index is 481. The van der Waals surface area contributed by atoms with Crippen LogP contribution in [0.4, 0.5) is 0 Å². The quantitative estimate of drug-likeness (QED) is 0.807. The maximum absolute atomic E-state index is 12.3. The number of ether oxygens (including phenoxy) is 1. The molecular formula is C17H24ClNO2. The molecule has 1 fully saturated rings. The summed E-state index contributed by atoms with van der Waals surface area (Å²) in [6.07, 6.45) is 4.72. The third-order valence-electron chi connectivity index (χ3n) is 4.04. The molecule has 0 atom stereocenters. The summed E-state index contributed by atoms with van der Waals surface area (Å²) in [7, 11) is 0. The standard InChI is InChI=1S/C17H24ClNO2/c1-13(2)21-15-7-5-6-14(10-15)16(20)19-12-17(11-18)8-3-4-9-17/h5-7,10,13H,3-4,8-9,11-12H2,1-2H3,(H,19,20). The Kier molecular flexibility index (Phi) is 5.51. The molecule has 0 bridgehead atoms. The summed E-state index contributed by atoms with van der Waals surface area (Å²) in [6, 6.07) is 7.31. The van der Waals surface area contributed by atoms with Crippen LogP contribution in [0.3, 0.4) is 0 Å². The van der Waals surface area contributed by atoms with Gasteiger partial charge in [0.15, 0.2) is 0 Å². The van der Waals surface area contributed by atoms with Crippen molar-refractivity contribution in [3.05, 3.63) is 29.8 Å². The van der Waals surface area contributed by atoms with Crippen molar-refractivity contribution in [1.29, 1.82) is 0 Å². The van der Waals surface area contributed by atoms with Crippen molar-refractivity contribution in [2.45, 2.75) is 45.6 Å². The van der Waals surface area contributed by atoms with E-state index in [0.717, 1.165) is 18.6 Å². The zero-order valence-electron chi connectivity index (χ0n) is 12.8. The Labute approximate surface area is 132 Å². The molecule has 0 unspecified atom stereocenters. The van der Waals surface area contributed by atoms with Gasteiger partial charge in [-0.25, -0.2) is 0 Å². The number of halogens is 1. The fourth-order valence-corrected chi connectivity index (χ4v) is 3.20. The van der Waals surface area contributed by atoms with E-state index in [9.17, 15) is 4.79 Å². The first-order chi connectivity index (χ1) is 10.0. The van der Waals surface area contributed by atoms with E-state index in [1.165, 1.54) is 12.8 Å². The topological polar surface area (TPSA) is 38.3 Å². The molecule has 0 radical (unpaired) electrons. The predicted octanol–water partition coefficient (Wildman–Crippen LogP) is 4.00. The summed E-state index contributed by atoms with van der Waals surface area (Å²) in [6.45, 7) is 4.60. The molecule has 1 aromatic carbocycles. The lowest BCUT2D eigenvalue weighted by Gasteiger charge is -2.26. The molecule has 1 saturated carbocycles. The highest BCUT2D eigenvalue weighted by molar-refractivity contribution is 6.18. The van der Waals surface area contributed by atoms with Crippen LogP contribution in [0.15, 0.2) is 24.3 Å². The van der Waals surface area contributed by atoms with Crippen LogP contribution in [-0.2, 0) is 0 Å². The molecule has 0 aliphatic heterocycles. The lowest BCUT2D eigenvalue weighted by Crippen LogP contribution is -2.37. The molecule has 2 rings (SSSR count). The van der Waals surface area contributed by atoms with Gasteiger partial charge in [0.1, 0.15) is 5.75 Å². The highest BCUT2D eigenvalue weighted by Crippen LogP contribution is 2.38. The molecule has 116 valence electrons. The molecule has 1 amide bonds. The summed E-state index contributed by atoms with van der Waals surface area (Å²) < 4.78 is 5.62. The van der Waals surface area contributed by atoms with E-state index in [0.29, 0.717) is 18.0 Å². The molecule has 1 aromatic rings. The second-order valence-electron chi connectivity index (χ2n) is 6.22. The Hall–Kier alpha value is -1.22. The van der Waals surface area contributed by atoms with Gasteiger partial charge in [0, 0.05) is 23.4 Å². The van der Waals surface area contributed by atoms with Crippen molar-refractivity contribution in [2.75, 3.05) is 12.4 Å². The van der Waals surface area contributed by atoms with E-state index >= 15 is 0 Å². The maximum Gasteiger partial charge on any atom is 0.251 e. The molecule has 21 heavy (non-hydrogen) atoms. The average molecular weight is 310 g/mol. The van der Waals surface area contributed by atoms with Gasteiger partial charge in [-0.1, -0.05) is 18.9 Å². The molecule has 0 spiro atoms. The second-order valence-corrected chi connectivity index (χ2v) is 6.49. The van der Waals surface area contributed by atoms with E-state index < -0.39 is 0 Å². The van der Waals surface area contributed by atoms with Crippen molar-refractivity contribution >= 4 is 17.5 Å². The second kappa shape index (κ2) is 7.17. The Morgan fingerprint density at radius 1 is 1.38 bits per heavy atom. The largest absolute Gasteiger partial charge is 0.491 e. The van der Waals surface area contributed by atoms with Gasteiger partial charge in [-0.05, 0) is 44.9 Å². The number of amides is 1.